The van der Waals surface area contributed by atoms with Gasteiger partial charge in [-0.3, -0.25) is 0 Å². The van der Waals surface area contributed by atoms with Crippen molar-refractivity contribution >= 4 is 10.0 Å². The van der Waals surface area contributed by atoms with E-state index in [0.717, 1.165) is 5.56 Å². The lowest BCUT2D eigenvalue weighted by molar-refractivity contribution is 0.570. The Morgan fingerprint density at radius 1 is 0.957 bits per heavy atom. The zero-order valence-corrected chi connectivity index (χ0v) is 13.2. The zero-order chi connectivity index (χ0) is 16.1. The van der Waals surface area contributed by atoms with E-state index in [9.17, 15) is 8.42 Å². The molecule has 1 aromatic heterocycles. The number of benzene rings is 2. The van der Waals surface area contributed by atoms with Crippen LogP contribution < -0.4 is 4.72 Å². The molecule has 0 aliphatic heterocycles. The highest BCUT2D eigenvalue weighted by Crippen LogP contribution is 2.18. The second-order valence-corrected chi connectivity index (χ2v) is 6.74. The Hall–Kier alpha value is -2.44. The maximum Gasteiger partial charge on any atom is 0.240 e. The molecular formula is C17H16N2O3S. The minimum atomic E-state index is -3.48. The molecule has 3 rings (SSSR count). The summed E-state index contributed by atoms with van der Waals surface area (Å²) in [4.78, 5) is 4.63. The van der Waals surface area contributed by atoms with Crippen molar-refractivity contribution in [3.8, 4) is 11.5 Å². The first-order chi connectivity index (χ1) is 11.1. The standard InChI is InChI=1S/C17H16N2O3S/c20-23(21,16-9-5-2-6-10-16)18-12-11-15-13-22-17(19-15)14-7-3-1-4-8-14/h1-10,13,18H,11-12H2. The van der Waals surface area contributed by atoms with Crippen LogP contribution in [0.1, 0.15) is 5.69 Å². The molecule has 23 heavy (non-hydrogen) atoms. The monoisotopic (exact) mass is 328 g/mol. The summed E-state index contributed by atoms with van der Waals surface area (Å²) in [5.74, 6) is 0.534. The molecule has 0 saturated carbocycles. The molecule has 1 heterocycles. The number of oxazole rings is 1. The molecule has 0 unspecified atom stereocenters. The van der Waals surface area contributed by atoms with E-state index < -0.39 is 10.0 Å². The molecule has 6 heteroatoms. The van der Waals surface area contributed by atoms with Crippen molar-refractivity contribution in [3.63, 3.8) is 0 Å². The summed E-state index contributed by atoms with van der Waals surface area (Å²) >= 11 is 0. The van der Waals surface area contributed by atoms with Gasteiger partial charge >= 0.3 is 0 Å². The first kappa shape index (κ1) is 15.5. The Bertz CT molecular complexity index is 859. The average Bonchev–Trinajstić information content (AvgIpc) is 3.05. The van der Waals surface area contributed by atoms with Gasteiger partial charge in [-0.15, -0.1) is 0 Å². The minimum absolute atomic E-state index is 0.255. The van der Waals surface area contributed by atoms with Crippen LogP contribution >= 0.6 is 0 Å². The van der Waals surface area contributed by atoms with E-state index >= 15 is 0 Å². The van der Waals surface area contributed by atoms with Crippen LogP contribution in [0, 0.1) is 0 Å². The largest absolute Gasteiger partial charge is 0.444 e. The summed E-state index contributed by atoms with van der Waals surface area (Å²) in [6.07, 6.45) is 2.02. The lowest BCUT2D eigenvalue weighted by atomic mass is 10.2. The molecule has 118 valence electrons. The second kappa shape index (κ2) is 6.76. The number of aromatic nitrogens is 1. The summed E-state index contributed by atoms with van der Waals surface area (Å²) in [7, 11) is -3.48. The van der Waals surface area contributed by atoms with Gasteiger partial charge in [-0.1, -0.05) is 36.4 Å². The summed E-state index contributed by atoms with van der Waals surface area (Å²) < 4.78 is 32.2. The molecule has 0 amide bonds. The van der Waals surface area contributed by atoms with E-state index in [1.54, 1.807) is 36.6 Å². The molecule has 2 aromatic carbocycles. The van der Waals surface area contributed by atoms with Crippen LogP contribution in [0.2, 0.25) is 0 Å². The van der Waals surface area contributed by atoms with Gasteiger partial charge in [0.1, 0.15) is 6.26 Å². The molecule has 0 aliphatic rings. The van der Waals surface area contributed by atoms with Crippen LogP contribution in [0.25, 0.3) is 11.5 Å². The predicted octanol–water partition coefficient (Wildman–Crippen LogP) is 2.86. The zero-order valence-electron chi connectivity index (χ0n) is 12.3. The number of nitrogens with one attached hydrogen (secondary N) is 1. The highest BCUT2D eigenvalue weighted by Gasteiger charge is 2.13. The quantitative estimate of drug-likeness (QED) is 0.755. The topological polar surface area (TPSA) is 72.2 Å². The van der Waals surface area contributed by atoms with E-state index in [1.807, 2.05) is 30.3 Å². The van der Waals surface area contributed by atoms with Gasteiger partial charge in [0.05, 0.1) is 10.6 Å². The summed E-state index contributed by atoms with van der Waals surface area (Å²) in [6, 6.07) is 17.8. The fourth-order valence-corrected chi connectivity index (χ4v) is 3.18. The van der Waals surface area contributed by atoms with Crippen LogP contribution in [0.5, 0.6) is 0 Å². The summed E-state index contributed by atoms with van der Waals surface area (Å²) in [5, 5.41) is 0. The molecule has 1 N–H and O–H groups in total. The van der Waals surface area contributed by atoms with Crippen LogP contribution in [-0.4, -0.2) is 19.9 Å². The van der Waals surface area contributed by atoms with Gasteiger partial charge in [-0.05, 0) is 24.3 Å². The van der Waals surface area contributed by atoms with Gasteiger partial charge in [-0.2, -0.15) is 0 Å². The van der Waals surface area contributed by atoms with Gasteiger partial charge in [0.15, 0.2) is 0 Å². The maximum absolute atomic E-state index is 12.1. The van der Waals surface area contributed by atoms with E-state index in [0.29, 0.717) is 18.0 Å². The van der Waals surface area contributed by atoms with Gasteiger partial charge in [0, 0.05) is 18.5 Å². The number of rotatable bonds is 6. The highest BCUT2D eigenvalue weighted by molar-refractivity contribution is 7.89. The number of nitrogens with zero attached hydrogens (tertiary/aromatic N) is 1. The second-order valence-electron chi connectivity index (χ2n) is 4.97. The van der Waals surface area contributed by atoms with Crippen molar-refractivity contribution in [1.29, 1.82) is 0 Å². The molecule has 0 saturated heterocycles. The molecule has 0 radical (unpaired) electrons. The van der Waals surface area contributed by atoms with E-state index in [4.69, 9.17) is 4.42 Å². The normalized spacial score (nSPS) is 11.5. The highest BCUT2D eigenvalue weighted by atomic mass is 32.2. The molecule has 0 aliphatic carbocycles. The third-order valence-electron chi connectivity index (χ3n) is 3.30. The SMILES string of the molecule is O=S(=O)(NCCc1coc(-c2ccccc2)n1)c1ccccc1. The van der Waals surface area contributed by atoms with Crippen molar-refractivity contribution in [2.75, 3.05) is 6.54 Å². The fraction of sp³-hybridized carbons (Fsp3) is 0.118. The van der Waals surface area contributed by atoms with E-state index in [-0.39, 0.29) is 11.4 Å². The van der Waals surface area contributed by atoms with Gasteiger partial charge in [0.25, 0.3) is 0 Å². The Morgan fingerprint density at radius 2 is 1.61 bits per heavy atom. The minimum Gasteiger partial charge on any atom is -0.444 e. The number of sulfonamides is 1. The van der Waals surface area contributed by atoms with Crippen LogP contribution in [0.15, 0.2) is 76.2 Å². The molecule has 0 spiro atoms. The summed E-state index contributed by atoms with van der Waals surface area (Å²) in [6.45, 7) is 0.262. The molecular weight excluding hydrogens is 312 g/mol. The molecule has 0 fully saturated rings. The maximum atomic E-state index is 12.1. The molecule has 0 atom stereocenters. The van der Waals surface area contributed by atoms with Gasteiger partial charge in [0.2, 0.25) is 15.9 Å². The number of hydrogen-bond donors (Lipinski definition) is 1. The third-order valence-corrected chi connectivity index (χ3v) is 4.78. The van der Waals surface area contributed by atoms with Crippen molar-refractivity contribution in [1.82, 2.24) is 9.71 Å². The fourth-order valence-electron chi connectivity index (χ4n) is 2.13. The van der Waals surface area contributed by atoms with Crippen molar-refractivity contribution in [2.45, 2.75) is 11.3 Å². The van der Waals surface area contributed by atoms with Crippen LogP contribution in [0.3, 0.4) is 0 Å². The Morgan fingerprint density at radius 3 is 2.30 bits per heavy atom. The number of hydrogen-bond acceptors (Lipinski definition) is 4. The summed E-state index contributed by atoms with van der Waals surface area (Å²) in [5.41, 5.74) is 1.60. The molecule has 3 aromatic rings. The van der Waals surface area contributed by atoms with Crippen LogP contribution in [0.4, 0.5) is 0 Å². The Kier molecular flexibility index (Phi) is 4.55. The van der Waals surface area contributed by atoms with Crippen molar-refractivity contribution in [2.24, 2.45) is 0 Å². The lowest BCUT2D eigenvalue weighted by Crippen LogP contribution is -2.26. The van der Waals surface area contributed by atoms with E-state index in [2.05, 4.69) is 9.71 Å². The molecule has 5 nitrogen and oxygen atoms in total. The third kappa shape index (κ3) is 3.85. The lowest BCUT2D eigenvalue weighted by Gasteiger charge is -2.05. The van der Waals surface area contributed by atoms with Crippen molar-refractivity contribution in [3.05, 3.63) is 72.6 Å². The predicted molar refractivity (Wildman–Crippen MR) is 87.3 cm³/mol. The van der Waals surface area contributed by atoms with Gasteiger partial charge < -0.3 is 4.42 Å². The first-order valence-electron chi connectivity index (χ1n) is 7.20. The molecule has 0 bridgehead atoms. The van der Waals surface area contributed by atoms with E-state index in [1.165, 1.54) is 0 Å². The van der Waals surface area contributed by atoms with Gasteiger partial charge in [-0.25, -0.2) is 18.1 Å². The Labute approximate surface area is 135 Å². The first-order valence-corrected chi connectivity index (χ1v) is 8.68. The van der Waals surface area contributed by atoms with Crippen molar-refractivity contribution < 1.29 is 12.8 Å². The smallest absolute Gasteiger partial charge is 0.240 e. The Balaban J connectivity index is 1.61. The van der Waals surface area contributed by atoms with Crippen LogP contribution in [-0.2, 0) is 16.4 Å². The average molecular weight is 328 g/mol.